The van der Waals surface area contributed by atoms with Gasteiger partial charge in [-0.2, -0.15) is 0 Å². The molecule has 2 aromatic carbocycles. The van der Waals surface area contributed by atoms with Crippen LogP contribution in [0.25, 0.3) is 0 Å². The summed E-state index contributed by atoms with van der Waals surface area (Å²) in [6.07, 6.45) is 0. The third-order valence-corrected chi connectivity index (χ3v) is 5.57. The molecule has 0 amide bonds. The van der Waals surface area contributed by atoms with E-state index in [2.05, 4.69) is 4.74 Å². The second-order valence-corrected chi connectivity index (χ2v) is 7.08. The first kappa shape index (κ1) is 16.8. The van der Waals surface area contributed by atoms with Crippen molar-refractivity contribution >= 4 is 27.6 Å². The topological polar surface area (TPSA) is 104 Å². The average molecular weight is 360 g/mol. The molecule has 0 N–H and O–H groups in total. The van der Waals surface area contributed by atoms with E-state index in [4.69, 9.17) is 4.74 Å². The molecule has 0 aliphatic carbocycles. The lowest BCUT2D eigenvalue weighted by Gasteiger charge is -2.19. The SMILES string of the molecule is COC(=O)COC(=O)c1ccc2c(c1)S(=O)(=O)c1ccccc1C2=O. The van der Waals surface area contributed by atoms with Crippen molar-refractivity contribution in [1.82, 2.24) is 0 Å². The van der Waals surface area contributed by atoms with Gasteiger partial charge in [0.25, 0.3) is 0 Å². The highest BCUT2D eigenvalue weighted by Crippen LogP contribution is 2.34. The Kier molecular flexibility index (Phi) is 4.13. The third-order valence-electron chi connectivity index (χ3n) is 3.72. The number of sulfone groups is 1. The van der Waals surface area contributed by atoms with Gasteiger partial charge in [0.05, 0.1) is 22.5 Å². The number of esters is 2. The Hall–Kier alpha value is -3.00. The maximum Gasteiger partial charge on any atom is 0.344 e. The van der Waals surface area contributed by atoms with Crippen LogP contribution in [0.5, 0.6) is 0 Å². The van der Waals surface area contributed by atoms with E-state index in [0.29, 0.717) is 0 Å². The molecular weight excluding hydrogens is 348 g/mol. The van der Waals surface area contributed by atoms with Gasteiger partial charge in [-0.15, -0.1) is 0 Å². The first-order valence-corrected chi connectivity index (χ1v) is 8.61. The van der Waals surface area contributed by atoms with Crippen LogP contribution in [0.4, 0.5) is 0 Å². The summed E-state index contributed by atoms with van der Waals surface area (Å²) in [4.78, 5) is 35.1. The Bertz CT molecular complexity index is 1010. The predicted molar refractivity (Wildman–Crippen MR) is 84.1 cm³/mol. The normalized spacial score (nSPS) is 14.2. The largest absolute Gasteiger partial charge is 0.466 e. The molecule has 0 spiro atoms. The zero-order valence-electron chi connectivity index (χ0n) is 13.0. The van der Waals surface area contributed by atoms with Gasteiger partial charge in [-0.25, -0.2) is 18.0 Å². The Balaban J connectivity index is 2.03. The summed E-state index contributed by atoms with van der Waals surface area (Å²) in [5.41, 5.74) is -0.00218. The molecule has 25 heavy (non-hydrogen) atoms. The van der Waals surface area contributed by atoms with Crippen molar-refractivity contribution in [3.8, 4) is 0 Å². The number of carbonyl (C=O) groups is 3. The van der Waals surface area contributed by atoms with Crippen molar-refractivity contribution < 1.29 is 32.3 Å². The minimum absolute atomic E-state index is 0.0109. The van der Waals surface area contributed by atoms with Gasteiger partial charge in [0.2, 0.25) is 9.84 Å². The number of ketones is 1. The zero-order chi connectivity index (χ0) is 18.2. The number of ether oxygens (including phenoxy) is 2. The lowest BCUT2D eigenvalue weighted by Crippen LogP contribution is -2.21. The van der Waals surface area contributed by atoms with Gasteiger partial charge in [-0.1, -0.05) is 12.1 Å². The molecule has 0 atom stereocenters. The molecule has 3 rings (SSSR count). The number of carbonyl (C=O) groups excluding carboxylic acids is 3. The fourth-order valence-electron chi connectivity index (χ4n) is 2.48. The summed E-state index contributed by atoms with van der Waals surface area (Å²) in [6.45, 7) is -0.596. The highest BCUT2D eigenvalue weighted by atomic mass is 32.2. The Morgan fingerprint density at radius 1 is 1.00 bits per heavy atom. The molecule has 1 heterocycles. The van der Waals surface area contributed by atoms with E-state index in [1.807, 2.05) is 0 Å². The summed E-state index contributed by atoms with van der Waals surface area (Å²) in [5, 5.41) is 0. The summed E-state index contributed by atoms with van der Waals surface area (Å²) in [5.74, 6) is -2.08. The van der Waals surface area contributed by atoms with E-state index in [-0.39, 0.29) is 26.5 Å². The maximum absolute atomic E-state index is 12.7. The smallest absolute Gasteiger partial charge is 0.344 e. The minimum Gasteiger partial charge on any atom is -0.466 e. The number of benzene rings is 2. The monoisotopic (exact) mass is 360 g/mol. The van der Waals surface area contributed by atoms with E-state index in [9.17, 15) is 22.8 Å². The molecule has 1 aliphatic heterocycles. The minimum atomic E-state index is -3.95. The van der Waals surface area contributed by atoms with Crippen molar-refractivity contribution in [3.05, 3.63) is 59.2 Å². The maximum atomic E-state index is 12.7. The average Bonchev–Trinajstić information content (AvgIpc) is 2.63. The molecule has 128 valence electrons. The van der Waals surface area contributed by atoms with Crippen LogP contribution in [0, 0.1) is 0 Å². The molecule has 1 aliphatic rings. The number of fused-ring (bicyclic) bond motifs is 2. The van der Waals surface area contributed by atoms with Gasteiger partial charge in [0.1, 0.15) is 0 Å². The highest BCUT2D eigenvalue weighted by Gasteiger charge is 2.35. The fourth-order valence-corrected chi connectivity index (χ4v) is 4.16. The summed E-state index contributed by atoms with van der Waals surface area (Å²) >= 11 is 0. The summed E-state index contributed by atoms with van der Waals surface area (Å²) in [7, 11) is -2.80. The van der Waals surface area contributed by atoms with Crippen LogP contribution in [-0.4, -0.2) is 39.9 Å². The Morgan fingerprint density at radius 3 is 2.40 bits per heavy atom. The first-order valence-electron chi connectivity index (χ1n) is 7.13. The second-order valence-electron chi connectivity index (χ2n) is 5.19. The van der Waals surface area contributed by atoms with Crippen molar-refractivity contribution in [1.29, 1.82) is 0 Å². The molecule has 0 saturated carbocycles. The van der Waals surface area contributed by atoms with E-state index < -0.39 is 34.2 Å². The first-order chi connectivity index (χ1) is 11.9. The van der Waals surface area contributed by atoms with Crippen molar-refractivity contribution in [2.45, 2.75) is 9.79 Å². The Morgan fingerprint density at radius 2 is 1.68 bits per heavy atom. The van der Waals surface area contributed by atoms with Gasteiger partial charge in [-0.3, -0.25) is 4.79 Å². The van der Waals surface area contributed by atoms with Gasteiger partial charge >= 0.3 is 11.9 Å². The van der Waals surface area contributed by atoms with Gasteiger partial charge in [-0.05, 0) is 30.3 Å². The van der Waals surface area contributed by atoms with Crippen LogP contribution in [0.1, 0.15) is 26.3 Å². The number of rotatable bonds is 3. The molecule has 2 aromatic rings. The quantitative estimate of drug-likeness (QED) is 0.650. The zero-order valence-corrected chi connectivity index (χ0v) is 13.8. The van der Waals surface area contributed by atoms with Crippen molar-refractivity contribution in [2.75, 3.05) is 13.7 Å². The molecule has 7 nitrogen and oxygen atoms in total. The highest BCUT2D eigenvalue weighted by molar-refractivity contribution is 7.91. The van der Waals surface area contributed by atoms with Crippen LogP contribution in [0.2, 0.25) is 0 Å². The van der Waals surface area contributed by atoms with Crippen LogP contribution in [-0.2, 0) is 24.1 Å². The van der Waals surface area contributed by atoms with Crippen LogP contribution in [0.3, 0.4) is 0 Å². The van der Waals surface area contributed by atoms with E-state index in [0.717, 1.165) is 13.2 Å². The molecule has 0 aromatic heterocycles. The fraction of sp³-hybridized carbons (Fsp3) is 0.118. The summed E-state index contributed by atoms with van der Waals surface area (Å²) < 4.78 is 34.6. The predicted octanol–water partition coefficient (Wildman–Crippen LogP) is 1.39. The second kappa shape index (κ2) is 6.14. The van der Waals surface area contributed by atoms with E-state index in [1.165, 1.54) is 30.3 Å². The lowest BCUT2D eigenvalue weighted by atomic mass is 10.0. The summed E-state index contributed by atoms with van der Waals surface area (Å²) in [6, 6.07) is 9.50. The van der Waals surface area contributed by atoms with E-state index >= 15 is 0 Å². The van der Waals surface area contributed by atoms with Gasteiger partial charge < -0.3 is 9.47 Å². The van der Waals surface area contributed by atoms with Gasteiger partial charge in [0.15, 0.2) is 12.4 Å². The van der Waals surface area contributed by atoms with Crippen LogP contribution < -0.4 is 0 Å². The van der Waals surface area contributed by atoms with Crippen molar-refractivity contribution in [3.63, 3.8) is 0 Å². The third kappa shape index (κ3) is 2.80. The Labute approximate surface area is 143 Å². The molecule has 0 saturated heterocycles. The van der Waals surface area contributed by atoms with Crippen LogP contribution >= 0.6 is 0 Å². The lowest BCUT2D eigenvalue weighted by molar-refractivity contribution is -0.144. The molecule has 0 bridgehead atoms. The number of methoxy groups -OCH3 is 1. The van der Waals surface area contributed by atoms with Crippen molar-refractivity contribution in [2.24, 2.45) is 0 Å². The molecule has 0 fully saturated rings. The number of hydrogen-bond donors (Lipinski definition) is 0. The molecular formula is C17H12O7S. The van der Waals surface area contributed by atoms with E-state index in [1.54, 1.807) is 6.07 Å². The number of hydrogen-bond acceptors (Lipinski definition) is 7. The molecule has 8 heteroatoms. The molecule has 0 radical (unpaired) electrons. The van der Waals surface area contributed by atoms with Crippen LogP contribution in [0.15, 0.2) is 52.3 Å². The van der Waals surface area contributed by atoms with Gasteiger partial charge in [0, 0.05) is 11.1 Å². The standard InChI is InChI=1S/C17H12O7S/c1-23-15(18)9-24-17(20)10-6-7-12-14(8-10)25(21,22)13-5-3-2-4-11(13)16(12)19/h2-8H,9H2,1H3. The molecule has 0 unspecified atom stereocenters.